The first-order valence-electron chi connectivity index (χ1n) is 4.16. The maximum Gasteiger partial charge on any atom is 0.453 e. The molecule has 2 rings (SSSR count). The van der Waals surface area contributed by atoms with E-state index in [0.29, 0.717) is 11.4 Å². The molecule has 0 radical (unpaired) electrons. The van der Waals surface area contributed by atoms with Crippen LogP contribution in [0.25, 0.3) is 5.78 Å². The molecule has 15 heavy (non-hydrogen) atoms. The fourth-order valence-corrected chi connectivity index (χ4v) is 1.29. The van der Waals surface area contributed by atoms with Crippen LogP contribution in [0.3, 0.4) is 0 Å². The molecule has 0 fully saturated rings. The van der Waals surface area contributed by atoms with E-state index in [1.807, 2.05) is 0 Å². The first-order valence-corrected chi connectivity index (χ1v) is 4.16. The van der Waals surface area contributed by atoms with Gasteiger partial charge >= 0.3 is 6.18 Å². The second-order valence-corrected chi connectivity index (χ2v) is 3.18. The predicted octanol–water partition coefficient (Wildman–Crippen LogP) is 1.76. The van der Waals surface area contributed by atoms with Crippen LogP contribution in [0.5, 0.6) is 0 Å². The Morgan fingerprint density at radius 2 is 1.87 bits per heavy atom. The van der Waals surface area contributed by atoms with Crippen molar-refractivity contribution in [3.05, 3.63) is 23.3 Å². The van der Waals surface area contributed by atoms with Crippen molar-refractivity contribution in [2.24, 2.45) is 0 Å². The Balaban J connectivity index is 2.71. The molecule has 0 N–H and O–H groups in total. The highest BCUT2D eigenvalue weighted by molar-refractivity contribution is 5.31. The van der Waals surface area contributed by atoms with Gasteiger partial charge in [-0.05, 0) is 19.9 Å². The molecule has 2 aromatic rings. The fourth-order valence-electron chi connectivity index (χ4n) is 1.29. The van der Waals surface area contributed by atoms with Crippen molar-refractivity contribution in [1.29, 1.82) is 0 Å². The van der Waals surface area contributed by atoms with Crippen LogP contribution in [-0.4, -0.2) is 19.6 Å². The lowest BCUT2D eigenvalue weighted by atomic mass is 10.4. The largest absolute Gasteiger partial charge is 0.453 e. The van der Waals surface area contributed by atoms with Crippen LogP contribution in [0.1, 0.15) is 17.2 Å². The molecule has 2 aromatic heterocycles. The fraction of sp³-hybridized carbons (Fsp3) is 0.375. The first-order chi connectivity index (χ1) is 6.88. The average Bonchev–Trinajstić information content (AvgIpc) is 2.46. The van der Waals surface area contributed by atoms with Gasteiger partial charge in [0.1, 0.15) is 0 Å². The van der Waals surface area contributed by atoms with Gasteiger partial charge in [-0.1, -0.05) is 0 Å². The van der Waals surface area contributed by atoms with Crippen LogP contribution in [0.4, 0.5) is 13.2 Å². The number of hydrogen-bond acceptors (Lipinski definition) is 3. The third-order valence-corrected chi connectivity index (χ3v) is 1.87. The number of rotatable bonds is 0. The summed E-state index contributed by atoms with van der Waals surface area (Å²) in [7, 11) is 0. The van der Waals surface area contributed by atoms with Crippen LogP contribution in [0, 0.1) is 13.8 Å². The van der Waals surface area contributed by atoms with Crippen LogP contribution < -0.4 is 0 Å². The number of halogens is 3. The van der Waals surface area contributed by atoms with Gasteiger partial charge in [0.25, 0.3) is 11.6 Å². The third-order valence-electron chi connectivity index (χ3n) is 1.87. The zero-order valence-electron chi connectivity index (χ0n) is 8.00. The Morgan fingerprint density at radius 1 is 1.20 bits per heavy atom. The molecule has 0 aliphatic rings. The zero-order chi connectivity index (χ0) is 11.2. The third kappa shape index (κ3) is 1.64. The molecule has 0 saturated carbocycles. The van der Waals surface area contributed by atoms with Crippen LogP contribution >= 0.6 is 0 Å². The summed E-state index contributed by atoms with van der Waals surface area (Å²) >= 11 is 0. The predicted molar refractivity (Wildman–Crippen MR) is 45.3 cm³/mol. The number of alkyl halides is 3. The minimum atomic E-state index is -4.53. The average molecular weight is 216 g/mol. The lowest BCUT2D eigenvalue weighted by Crippen LogP contribution is -2.07. The summed E-state index contributed by atoms with van der Waals surface area (Å²) in [6.07, 6.45) is -4.53. The van der Waals surface area contributed by atoms with E-state index in [1.54, 1.807) is 19.9 Å². The van der Waals surface area contributed by atoms with E-state index >= 15 is 0 Å². The maximum absolute atomic E-state index is 12.3. The van der Waals surface area contributed by atoms with Crippen molar-refractivity contribution in [1.82, 2.24) is 19.6 Å². The molecule has 0 spiro atoms. The van der Waals surface area contributed by atoms with Crippen LogP contribution in [0.15, 0.2) is 6.07 Å². The van der Waals surface area contributed by atoms with Gasteiger partial charge in [-0.25, -0.2) is 9.50 Å². The first kappa shape index (κ1) is 9.88. The number of aryl methyl sites for hydroxylation is 2. The highest BCUT2D eigenvalue weighted by Crippen LogP contribution is 2.26. The van der Waals surface area contributed by atoms with Gasteiger partial charge in [0, 0.05) is 11.4 Å². The molecule has 0 aromatic carbocycles. The Bertz CT molecular complexity index is 514. The van der Waals surface area contributed by atoms with Crippen molar-refractivity contribution >= 4 is 5.78 Å². The Kier molecular flexibility index (Phi) is 1.92. The second kappa shape index (κ2) is 2.91. The molecule has 0 atom stereocenters. The Hall–Kier alpha value is -1.66. The highest BCUT2D eigenvalue weighted by Gasteiger charge is 2.36. The summed E-state index contributed by atoms with van der Waals surface area (Å²) in [5, 5.41) is 3.34. The maximum atomic E-state index is 12.3. The smallest absolute Gasteiger partial charge is 0.216 e. The van der Waals surface area contributed by atoms with E-state index in [-0.39, 0.29) is 5.78 Å². The molecule has 2 heterocycles. The van der Waals surface area contributed by atoms with Crippen LogP contribution in [-0.2, 0) is 6.18 Å². The summed E-state index contributed by atoms with van der Waals surface area (Å²) in [5.74, 6) is -1.19. The number of fused-ring (bicyclic) bond motifs is 1. The number of hydrogen-bond donors (Lipinski definition) is 0. The number of aromatic nitrogens is 4. The van der Waals surface area contributed by atoms with E-state index in [0.717, 1.165) is 4.52 Å². The summed E-state index contributed by atoms with van der Waals surface area (Å²) in [6.45, 7) is 3.34. The SMILES string of the molecule is Cc1cc(C)n2nc(C(F)(F)F)nc2n1. The Morgan fingerprint density at radius 3 is 2.47 bits per heavy atom. The van der Waals surface area contributed by atoms with Crippen molar-refractivity contribution in [2.45, 2.75) is 20.0 Å². The van der Waals surface area contributed by atoms with Crippen molar-refractivity contribution in [3.8, 4) is 0 Å². The van der Waals surface area contributed by atoms with Gasteiger partial charge < -0.3 is 0 Å². The van der Waals surface area contributed by atoms with E-state index in [1.165, 1.54) is 0 Å². The normalized spacial score (nSPS) is 12.3. The minimum Gasteiger partial charge on any atom is -0.216 e. The molecule has 80 valence electrons. The van der Waals surface area contributed by atoms with Crippen molar-refractivity contribution in [3.63, 3.8) is 0 Å². The van der Waals surface area contributed by atoms with Gasteiger partial charge in [-0.15, -0.1) is 5.10 Å². The lowest BCUT2D eigenvalue weighted by molar-refractivity contribution is -0.144. The molecule has 7 heteroatoms. The van der Waals surface area contributed by atoms with E-state index in [9.17, 15) is 13.2 Å². The summed E-state index contributed by atoms with van der Waals surface area (Å²) in [6, 6.07) is 1.64. The van der Waals surface area contributed by atoms with Gasteiger partial charge in [-0.3, -0.25) is 0 Å². The molecule has 0 aliphatic carbocycles. The van der Waals surface area contributed by atoms with Crippen molar-refractivity contribution < 1.29 is 13.2 Å². The summed E-state index contributed by atoms with van der Waals surface area (Å²) in [4.78, 5) is 7.18. The quantitative estimate of drug-likeness (QED) is 0.673. The van der Waals surface area contributed by atoms with Crippen molar-refractivity contribution in [2.75, 3.05) is 0 Å². The molecular formula is C8H7F3N4. The van der Waals surface area contributed by atoms with E-state index in [2.05, 4.69) is 15.1 Å². The standard InChI is InChI=1S/C8H7F3N4/c1-4-3-5(2)15-7(12-4)13-6(14-15)8(9,10)11/h3H,1-2H3. The molecule has 0 amide bonds. The second-order valence-electron chi connectivity index (χ2n) is 3.18. The van der Waals surface area contributed by atoms with E-state index in [4.69, 9.17) is 0 Å². The lowest BCUT2D eigenvalue weighted by Gasteiger charge is -1.98. The summed E-state index contributed by atoms with van der Waals surface area (Å²) in [5.41, 5.74) is 1.18. The minimum absolute atomic E-state index is 0.0279. The molecular weight excluding hydrogens is 209 g/mol. The van der Waals surface area contributed by atoms with E-state index < -0.39 is 12.0 Å². The van der Waals surface area contributed by atoms with Gasteiger partial charge in [0.2, 0.25) is 0 Å². The summed E-state index contributed by atoms with van der Waals surface area (Å²) < 4.78 is 38.0. The highest BCUT2D eigenvalue weighted by atomic mass is 19.4. The van der Waals surface area contributed by atoms with Crippen LogP contribution in [0.2, 0.25) is 0 Å². The Labute approximate surface area is 82.8 Å². The molecule has 0 aliphatic heterocycles. The monoisotopic (exact) mass is 216 g/mol. The van der Waals surface area contributed by atoms with Gasteiger partial charge in [0.15, 0.2) is 0 Å². The van der Waals surface area contributed by atoms with Gasteiger partial charge in [0.05, 0.1) is 0 Å². The number of nitrogens with zero attached hydrogens (tertiary/aromatic N) is 4. The molecule has 0 bridgehead atoms. The topological polar surface area (TPSA) is 43.1 Å². The van der Waals surface area contributed by atoms with Gasteiger partial charge in [-0.2, -0.15) is 18.2 Å². The zero-order valence-corrected chi connectivity index (χ0v) is 8.00. The molecule has 0 unspecified atom stereocenters. The molecule has 4 nitrogen and oxygen atoms in total. The molecule has 0 saturated heterocycles.